The Kier molecular flexibility index (Phi) is 6.02. The highest BCUT2D eigenvalue weighted by molar-refractivity contribution is 9.10. The fourth-order valence-electron chi connectivity index (χ4n) is 2.43. The van der Waals surface area contributed by atoms with Crippen LogP contribution < -0.4 is 15.8 Å². The number of fused-ring (bicyclic) bond motifs is 1. The molecule has 3 rings (SSSR count). The summed E-state index contributed by atoms with van der Waals surface area (Å²) in [6.07, 6.45) is 2.68. The summed E-state index contributed by atoms with van der Waals surface area (Å²) in [6, 6.07) is 5.42. The van der Waals surface area contributed by atoms with Crippen LogP contribution in [0.25, 0.3) is 0 Å². The number of hydrogen-bond acceptors (Lipinski definition) is 5. The Labute approximate surface area is 153 Å². The molecule has 0 saturated heterocycles. The van der Waals surface area contributed by atoms with E-state index in [1.807, 2.05) is 0 Å². The van der Waals surface area contributed by atoms with E-state index >= 15 is 0 Å². The molecule has 1 atom stereocenters. The lowest BCUT2D eigenvalue weighted by Crippen LogP contribution is -2.27. The number of nitrogens with one attached hydrogen (secondary N) is 1. The van der Waals surface area contributed by atoms with Gasteiger partial charge in [-0.3, -0.25) is 10.1 Å². The number of nitrogens with zero attached hydrogens (tertiary/aromatic N) is 1. The van der Waals surface area contributed by atoms with Gasteiger partial charge in [-0.15, -0.1) is 23.7 Å². The van der Waals surface area contributed by atoms with Crippen LogP contribution in [0.2, 0.25) is 0 Å². The lowest BCUT2D eigenvalue weighted by molar-refractivity contribution is 0.102. The quantitative estimate of drug-likeness (QED) is 0.801. The fraction of sp³-hybridized carbons (Fsp3) is 0.333. The minimum atomic E-state index is -0.182. The van der Waals surface area contributed by atoms with E-state index in [0.29, 0.717) is 16.4 Å². The van der Waals surface area contributed by atoms with Gasteiger partial charge in [0.2, 0.25) is 0 Å². The Bertz CT molecular complexity index is 723. The van der Waals surface area contributed by atoms with E-state index in [4.69, 9.17) is 10.5 Å². The number of hydrogen-bond donors (Lipinski definition) is 2. The number of rotatable bonds is 3. The highest BCUT2D eigenvalue weighted by atomic mass is 79.9. The molecule has 0 aliphatic heterocycles. The molecule has 2 aromatic rings. The standard InChI is InChI=1S/C15H16BrN3O2S.ClH/c1-21-12-5-2-8(6-10(12)16)14(20)19-15-18-11-4-3-9(17)7-13(11)22-15;/h2,5-6,9H,3-4,7,17H2,1H3,(H,18,19,20);1H/t9-;/m0./s1. The summed E-state index contributed by atoms with van der Waals surface area (Å²) in [7, 11) is 1.59. The largest absolute Gasteiger partial charge is 0.496 e. The number of aryl methyl sites for hydroxylation is 1. The topological polar surface area (TPSA) is 77.2 Å². The molecule has 1 aromatic heterocycles. The van der Waals surface area contributed by atoms with E-state index in [1.54, 1.807) is 25.3 Å². The molecule has 0 saturated carbocycles. The molecule has 1 amide bonds. The first-order valence-corrected chi connectivity index (χ1v) is 8.57. The maximum atomic E-state index is 12.3. The number of carbonyl (C=O) groups excluding carboxylic acids is 1. The van der Waals surface area contributed by atoms with Gasteiger partial charge in [-0.1, -0.05) is 0 Å². The van der Waals surface area contributed by atoms with Crippen molar-refractivity contribution in [2.24, 2.45) is 5.73 Å². The number of methoxy groups -OCH3 is 1. The number of halogens is 2. The van der Waals surface area contributed by atoms with Crippen molar-refractivity contribution >= 4 is 50.7 Å². The van der Waals surface area contributed by atoms with E-state index in [2.05, 4.69) is 26.2 Å². The van der Waals surface area contributed by atoms with E-state index in [-0.39, 0.29) is 24.4 Å². The number of anilines is 1. The summed E-state index contributed by atoms with van der Waals surface area (Å²) in [5.41, 5.74) is 7.59. The number of thiazole rings is 1. The zero-order valence-corrected chi connectivity index (χ0v) is 15.7. The van der Waals surface area contributed by atoms with Crippen LogP contribution in [0.5, 0.6) is 5.75 Å². The average molecular weight is 419 g/mol. The van der Waals surface area contributed by atoms with Crippen molar-refractivity contribution in [1.29, 1.82) is 0 Å². The van der Waals surface area contributed by atoms with Crippen LogP contribution in [0, 0.1) is 0 Å². The fourth-order valence-corrected chi connectivity index (χ4v) is 4.07. The van der Waals surface area contributed by atoms with E-state index < -0.39 is 0 Å². The van der Waals surface area contributed by atoms with Crippen LogP contribution in [0.4, 0.5) is 5.13 Å². The molecule has 3 N–H and O–H groups in total. The van der Waals surface area contributed by atoms with Crippen molar-refractivity contribution in [3.63, 3.8) is 0 Å². The van der Waals surface area contributed by atoms with Crippen molar-refractivity contribution in [2.45, 2.75) is 25.3 Å². The normalized spacial score (nSPS) is 16.2. The molecule has 8 heteroatoms. The molecule has 0 radical (unpaired) electrons. The molecule has 1 heterocycles. The zero-order chi connectivity index (χ0) is 15.7. The molecule has 5 nitrogen and oxygen atoms in total. The Morgan fingerprint density at radius 3 is 3.00 bits per heavy atom. The van der Waals surface area contributed by atoms with Crippen molar-refractivity contribution < 1.29 is 9.53 Å². The van der Waals surface area contributed by atoms with Crippen LogP contribution >= 0.6 is 39.7 Å². The van der Waals surface area contributed by atoms with Gasteiger partial charge in [0.05, 0.1) is 17.3 Å². The maximum absolute atomic E-state index is 12.3. The van der Waals surface area contributed by atoms with Crippen LogP contribution in [0.15, 0.2) is 22.7 Å². The predicted octanol–water partition coefficient (Wildman–Crippen LogP) is 3.40. The molecule has 0 bridgehead atoms. The average Bonchev–Trinajstić information content (AvgIpc) is 2.88. The lowest BCUT2D eigenvalue weighted by atomic mass is 9.99. The van der Waals surface area contributed by atoms with Crippen LogP contribution in [-0.2, 0) is 12.8 Å². The third kappa shape index (κ3) is 4.03. The Morgan fingerprint density at radius 2 is 2.30 bits per heavy atom. The number of amides is 1. The van der Waals surface area contributed by atoms with Crippen molar-refractivity contribution in [1.82, 2.24) is 4.98 Å². The molecule has 1 aliphatic carbocycles. The SMILES string of the molecule is COc1ccc(C(=O)Nc2nc3c(s2)C[C@@H](N)CC3)cc1Br.Cl. The number of ether oxygens (including phenoxy) is 1. The second kappa shape index (κ2) is 7.61. The molecule has 1 aliphatic rings. The zero-order valence-electron chi connectivity index (χ0n) is 12.5. The predicted molar refractivity (Wildman–Crippen MR) is 98.0 cm³/mol. The van der Waals surface area contributed by atoms with Crippen molar-refractivity contribution in [3.05, 3.63) is 38.8 Å². The molecule has 1 aromatic carbocycles. The Hall–Kier alpha value is -1.15. The third-order valence-corrected chi connectivity index (χ3v) is 5.27. The molecule has 0 unspecified atom stereocenters. The first kappa shape index (κ1) is 18.2. The summed E-state index contributed by atoms with van der Waals surface area (Å²) >= 11 is 4.90. The number of benzene rings is 1. The molecule has 0 spiro atoms. The number of carbonyl (C=O) groups is 1. The van der Waals surface area contributed by atoms with E-state index in [1.165, 1.54) is 16.2 Å². The van der Waals surface area contributed by atoms with Crippen LogP contribution in [0.1, 0.15) is 27.3 Å². The highest BCUT2D eigenvalue weighted by Gasteiger charge is 2.21. The van der Waals surface area contributed by atoms with E-state index in [0.717, 1.165) is 29.4 Å². The monoisotopic (exact) mass is 417 g/mol. The van der Waals surface area contributed by atoms with Crippen molar-refractivity contribution in [3.8, 4) is 5.75 Å². The highest BCUT2D eigenvalue weighted by Crippen LogP contribution is 2.30. The van der Waals surface area contributed by atoms with Gasteiger partial charge in [0, 0.05) is 16.5 Å². The van der Waals surface area contributed by atoms with Gasteiger partial charge in [-0.25, -0.2) is 4.98 Å². The Balaban J connectivity index is 0.00000192. The molecule has 124 valence electrons. The van der Waals surface area contributed by atoms with Gasteiger partial charge in [0.15, 0.2) is 5.13 Å². The minimum Gasteiger partial charge on any atom is -0.496 e. The molecule has 23 heavy (non-hydrogen) atoms. The van der Waals surface area contributed by atoms with Gasteiger partial charge >= 0.3 is 0 Å². The second-order valence-electron chi connectivity index (χ2n) is 5.20. The Morgan fingerprint density at radius 1 is 1.52 bits per heavy atom. The maximum Gasteiger partial charge on any atom is 0.257 e. The molecular weight excluding hydrogens is 402 g/mol. The third-order valence-electron chi connectivity index (χ3n) is 3.61. The summed E-state index contributed by atoms with van der Waals surface area (Å²) in [5, 5.41) is 3.50. The number of nitrogens with two attached hydrogens (primary N) is 1. The van der Waals surface area contributed by atoms with Gasteiger partial charge in [-0.2, -0.15) is 0 Å². The summed E-state index contributed by atoms with van der Waals surface area (Å²) in [5.74, 6) is 0.508. The smallest absolute Gasteiger partial charge is 0.257 e. The second-order valence-corrected chi connectivity index (χ2v) is 7.13. The molecular formula is C15H17BrClN3O2S. The van der Waals surface area contributed by atoms with Crippen LogP contribution in [-0.4, -0.2) is 24.0 Å². The van der Waals surface area contributed by atoms with Crippen molar-refractivity contribution in [2.75, 3.05) is 12.4 Å². The van der Waals surface area contributed by atoms with Crippen LogP contribution in [0.3, 0.4) is 0 Å². The van der Waals surface area contributed by atoms with Gasteiger partial charge in [0.1, 0.15) is 5.75 Å². The van der Waals surface area contributed by atoms with Gasteiger partial charge in [-0.05, 0) is 53.4 Å². The number of aromatic nitrogens is 1. The first-order valence-electron chi connectivity index (χ1n) is 6.96. The van der Waals surface area contributed by atoms with Gasteiger partial charge in [0.25, 0.3) is 5.91 Å². The summed E-state index contributed by atoms with van der Waals surface area (Å²) in [4.78, 5) is 18.0. The van der Waals surface area contributed by atoms with E-state index in [9.17, 15) is 4.79 Å². The van der Waals surface area contributed by atoms with Gasteiger partial charge < -0.3 is 10.5 Å². The lowest BCUT2D eigenvalue weighted by Gasteiger charge is -2.15. The molecule has 0 fully saturated rings. The summed E-state index contributed by atoms with van der Waals surface area (Å²) in [6.45, 7) is 0. The first-order chi connectivity index (χ1) is 10.6. The summed E-state index contributed by atoms with van der Waals surface area (Å²) < 4.78 is 5.91. The minimum absolute atomic E-state index is 0.